The smallest absolute Gasteiger partial charge is 0.341 e. The molecule has 1 aromatic carbocycles. The van der Waals surface area contributed by atoms with Crippen LogP contribution >= 0.6 is 0 Å². The molecule has 2 rings (SSSR count). The molecular formula is C16H22O7. The maximum atomic E-state index is 12.4. The number of ether oxygens (including phenoxy) is 2. The van der Waals surface area contributed by atoms with Crippen molar-refractivity contribution in [2.75, 3.05) is 6.61 Å². The van der Waals surface area contributed by atoms with Crippen LogP contribution < -0.4 is 0 Å². The van der Waals surface area contributed by atoms with E-state index in [2.05, 4.69) is 0 Å². The third-order valence-electron chi connectivity index (χ3n) is 3.95. The van der Waals surface area contributed by atoms with E-state index in [1.165, 1.54) is 0 Å². The van der Waals surface area contributed by atoms with Crippen molar-refractivity contribution in [2.45, 2.75) is 51.5 Å². The summed E-state index contributed by atoms with van der Waals surface area (Å²) in [4.78, 5) is 12.4. The van der Waals surface area contributed by atoms with Crippen LogP contribution in [0.3, 0.4) is 0 Å². The quantitative estimate of drug-likeness (QED) is 0.557. The van der Waals surface area contributed by atoms with Gasteiger partial charge in [0, 0.05) is 0 Å². The van der Waals surface area contributed by atoms with Crippen molar-refractivity contribution < 1.29 is 34.7 Å². The van der Waals surface area contributed by atoms with Crippen molar-refractivity contribution in [3.05, 3.63) is 34.4 Å². The zero-order valence-electron chi connectivity index (χ0n) is 13.3. The van der Waals surface area contributed by atoms with Crippen molar-refractivity contribution in [3.63, 3.8) is 0 Å². The average molecular weight is 326 g/mol. The fraction of sp³-hybridized carbons (Fsp3) is 0.562. The van der Waals surface area contributed by atoms with Crippen molar-refractivity contribution in [1.29, 1.82) is 0 Å². The molecule has 1 fully saturated rings. The summed E-state index contributed by atoms with van der Waals surface area (Å²) in [5.74, 6) is -0.704. The molecule has 1 aliphatic rings. The molecule has 0 radical (unpaired) electrons. The molecule has 0 bridgehead atoms. The van der Waals surface area contributed by atoms with E-state index in [0.717, 1.165) is 16.7 Å². The first-order valence-electron chi connectivity index (χ1n) is 7.35. The lowest BCUT2D eigenvalue weighted by Crippen LogP contribution is -2.59. The number of aryl methyl sites for hydroxylation is 3. The second kappa shape index (κ2) is 6.94. The van der Waals surface area contributed by atoms with Gasteiger partial charge in [-0.2, -0.15) is 0 Å². The lowest BCUT2D eigenvalue weighted by Gasteiger charge is -2.39. The van der Waals surface area contributed by atoms with E-state index in [4.69, 9.17) is 14.6 Å². The van der Waals surface area contributed by atoms with E-state index < -0.39 is 43.3 Å². The van der Waals surface area contributed by atoms with E-state index >= 15 is 0 Å². The molecule has 1 aliphatic heterocycles. The minimum absolute atomic E-state index is 0.354. The molecule has 0 aliphatic carbocycles. The Hall–Kier alpha value is -1.51. The van der Waals surface area contributed by atoms with Gasteiger partial charge in [-0.1, -0.05) is 17.7 Å². The lowest BCUT2D eigenvalue weighted by molar-refractivity contribution is -0.285. The van der Waals surface area contributed by atoms with Crippen LogP contribution in [0.2, 0.25) is 0 Å². The fourth-order valence-electron chi connectivity index (χ4n) is 2.83. The lowest BCUT2D eigenvalue weighted by atomic mass is 9.98. The molecule has 0 amide bonds. The summed E-state index contributed by atoms with van der Waals surface area (Å²) in [7, 11) is 0. The highest BCUT2D eigenvalue weighted by atomic mass is 16.7. The number of carbonyl (C=O) groups is 1. The maximum absolute atomic E-state index is 12.4. The largest absolute Gasteiger partial charge is 0.429 e. The molecule has 0 saturated carbocycles. The summed E-state index contributed by atoms with van der Waals surface area (Å²) in [6.07, 6.45) is -7.28. The first-order valence-corrected chi connectivity index (χ1v) is 7.35. The van der Waals surface area contributed by atoms with Crippen LogP contribution in [0.5, 0.6) is 0 Å². The van der Waals surface area contributed by atoms with Gasteiger partial charge < -0.3 is 29.9 Å². The van der Waals surface area contributed by atoms with Crippen LogP contribution in [0.1, 0.15) is 27.0 Å². The first-order chi connectivity index (χ1) is 10.8. The van der Waals surface area contributed by atoms with Gasteiger partial charge in [-0.05, 0) is 31.9 Å². The Labute approximate surface area is 134 Å². The standard InChI is InChI=1S/C16H22O7/c1-7-4-8(2)11(9(3)5-7)15(21)23-16-14(20)13(19)12(18)10(6-17)22-16/h4-5,10,12-14,16-20H,6H2,1-3H3/t10-,12+,13-,14-,16-/m1/s1. The highest BCUT2D eigenvalue weighted by Gasteiger charge is 2.45. The Bertz CT molecular complexity index is 561. The maximum Gasteiger partial charge on any atom is 0.341 e. The van der Waals surface area contributed by atoms with Crippen LogP contribution in [-0.4, -0.2) is 63.7 Å². The topological polar surface area (TPSA) is 116 Å². The number of aliphatic hydroxyl groups is 4. The molecule has 0 aromatic heterocycles. The van der Waals surface area contributed by atoms with Gasteiger partial charge in [0.05, 0.1) is 12.2 Å². The van der Waals surface area contributed by atoms with Gasteiger partial charge in [-0.25, -0.2) is 4.79 Å². The SMILES string of the molecule is Cc1cc(C)c(C(=O)O[C@H]2O[C@H](CO)[C@H](O)[C@@H](O)[C@H]2O)c(C)c1. The summed E-state index contributed by atoms with van der Waals surface area (Å²) in [6.45, 7) is 4.86. The Balaban J connectivity index is 2.20. The van der Waals surface area contributed by atoms with Gasteiger partial charge in [-0.15, -0.1) is 0 Å². The molecule has 7 nitrogen and oxygen atoms in total. The minimum atomic E-state index is -1.61. The van der Waals surface area contributed by atoms with Crippen molar-refractivity contribution >= 4 is 5.97 Å². The summed E-state index contributed by atoms with van der Waals surface area (Å²) < 4.78 is 10.3. The Morgan fingerprint density at radius 2 is 1.65 bits per heavy atom. The normalized spacial score (nSPS) is 31.0. The van der Waals surface area contributed by atoms with Gasteiger partial charge in [0.15, 0.2) is 0 Å². The number of hydrogen-bond acceptors (Lipinski definition) is 7. The van der Waals surface area contributed by atoms with E-state index in [1.807, 2.05) is 19.1 Å². The van der Waals surface area contributed by atoms with Crippen LogP contribution in [-0.2, 0) is 9.47 Å². The van der Waals surface area contributed by atoms with Crippen LogP contribution in [0.15, 0.2) is 12.1 Å². The molecule has 0 unspecified atom stereocenters. The summed E-state index contributed by atoms with van der Waals surface area (Å²) in [5, 5.41) is 38.5. The first kappa shape index (κ1) is 17.8. The molecule has 23 heavy (non-hydrogen) atoms. The third kappa shape index (κ3) is 3.54. The van der Waals surface area contributed by atoms with Gasteiger partial charge in [0.2, 0.25) is 6.29 Å². The number of hydrogen-bond donors (Lipinski definition) is 4. The van der Waals surface area contributed by atoms with Crippen LogP contribution in [0, 0.1) is 20.8 Å². The summed E-state index contributed by atoms with van der Waals surface area (Å²) in [6, 6.07) is 3.66. The molecule has 1 saturated heterocycles. The van der Waals surface area contributed by atoms with Crippen molar-refractivity contribution in [3.8, 4) is 0 Å². The van der Waals surface area contributed by atoms with Crippen molar-refractivity contribution in [1.82, 2.24) is 0 Å². The molecule has 1 aromatic rings. The second-order valence-corrected chi connectivity index (χ2v) is 5.88. The number of esters is 1. The fourth-order valence-corrected chi connectivity index (χ4v) is 2.83. The summed E-state index contributed by atoms with van der Waals surface area (Å²) in [5.41, 5.74) is 2.80. The van der Waals surface area contributed by atoms with Gasteiger partial charge in [-0.3, -0.25) is 0 Å². The van der Waals surface area contributed by atoms with Crippen LogP contribution in [0.25, 0.3) is 0 Å². The predicted molar refractivity (Wildman–Crippen MR) is 79.8 cm³/mol. The highest BCUT2D eigenvalue weighted by molar-refractivity contribution is 5.92. The molecule has 7 heteroatoms. The number of aliphatic hydroxyl groups excluding tert-OH is 4. The molecule has 4 N–H and O–H groups in total. The van der Waals surface area contributed by atoms with Gasteiger partial charge in [0.25, 0.3) is 0 Å². The van der Waals surface area contributed by atoms with E-state index in [9.17, 15) is 20.1 Å². The van der Waals surface area contributed by atoms with E-state index in [0.29, 0.717) is 5.56 Å². The molecule has 1 heterocycles. The second-order valence-electron chi connectivity index (χ2n) is 5.88. The third-order valence-corrected chi connectivity index (χ3v) is 3.95. The van der Waals surface area contributed by atoms with E-state index in [1.54, 1.807) is 13.8 Å². The zero-order chi connectivity index (χ0) is 17.3. The predicted octanol–water partition coefficient (Wildman–Crippen LogP) is -0.431. The van der Waals surface area contributed by atoms with Gasteiger partial charge >= 0.3 is 5.97 Å². The molecule has 5 atom stereocenters. The Kier molecular flexibility index (Phi) is 5.38. The minimum Gasteiger partial charge on any atom is -0.429 e. The highest BCUT2D eigenvalue weighted by Crippen LogP contribution is 2.24. The van der Waals surface area contributed by atoms with Crippen LogP contribution in [0.4, 0.5) is 0 Å². The monoisotopic (exact) mass is 326 g/mol. The Morgan fingerprint density at radius 1 is 1.09 bits per heavy atom. The average Bonchev–Trinajstić information content (AvgIpc) is 2.46. The van der Waals surface area contributed by atoms with Gasteiger partial charge in [0.1, 0.15) is 24.4 Å². The van der Waals surface area contributed by atoms with Crippen molar-refractivity contribution in [2.24, 2.45) is 0 Å². The number of benzene rings is 1. The number of carbonyl (C=O) groups excluding carboxylic acids is 1. The molecule has 128 valence electrons. The zero-order valence-corrected chi connectivity index (χ0v) is 13.3. The Morgan fingerprint density at radius 3 is 2.17 bits per heavy atom. The van der Waals surface area contributed by atoms with E-state index in [-0.39, 0.29) is 0 Å². The molecular weight excluding hydrogens is 304 g/mol. The molecule has 0 spiro atoms. The number of rotatable bonds is 3. The summed E-state index contributed by atoms with van der Waals surface area (Å²) >= 11 is 0.